The molecule has 0 spiro atoms. The Morgan fingerprint density at radius 3 is 3.00 bits per heavy atom. The van der Waals surface area contributed by atoms with Crippen LogP contribution in [-0.4, -0.2) is 21.4 Å². The number of aromatic nitrogens is 2. The lowest BCUT2D eigenvalue weighted by Crippen LogP contribution is -1.92. The van der Waals surface area contributed by atoms with Crippen LogP contribution in [0.3, 0.4) is 0 Å². The summed E-state index contributed by atoms with van der Waals surface area (Å²) in [5.74, 6) is -0.0246. The third kappa shape index (κ3) is 4.45. The molecule has 7 heteroatoms. The monoisotopic (exact) mass is 372 g/mol. The van der Waals surface area contributed by atoms with Crippen LogP contribution in [0.25, 0.3) is 0 Å². The van der Waals surface area contributed by atoms with Crippen molar-refractivity contribution in [1.29, 1.82) is 0 Å². The first-order valence-electron chi connectivity index (χ1n) is 5.20. The highest BCUT2D eigenvalue weighted by atomic mass is 79.9. The van der Waals surface area contributed by atoms with Crippen molar-refractivity contribution in [3.8, 4) is 0 Å². The van der Waals surface area contributed by atoms with Gasteiger partial charge in [-0.05, 0) is 41.4 Å². The van der Waals surface area contributed by atoms with E-state index in [4.69, 9.17) is 0 Å². The van der Waals surface area contributed by atoms with Gasteiger partial charge in [-0.1, -0.05) is 51.6 Å². The van der Waals surface area contributed by atoms with Gasteiger partial charge in [-0.15, -0.1) is 0 Å². The van der Waals surface area contributed by atoms with Crippen LogP contribution >= 0.6 is 51.0 Å². The molecule has 2 rings (SSSR count). The van der Waals surface area contributed by atoms with Gasteiger partial charge < -0.3 is 0 Å². The zero-order valence-electron chi connectivity index (χ0n) is 9.87. The Labute approximate surface area is 132 Å². The molecule has 1 heterocycles. The summed E-state index contributed by atoms with van der Waals surface area (Å²) in [6.45, 7) is 0. The average molecular weight is 373 g/mol. The summed E-state index contributed by atoms with van der Waals surface area (Å²) in [6.07, 6.45) is 3.48. The molecular weight excluding hydrogens is 364 g/mol. The molecule has 98 valence electrons. The summed E-state index contributed by atoms with van der Waals surface area (Å²) in [5.41, 5.74) is 0.660. The van der Waals surface area contributed by atoms with Gasteiger partial charge in [0, 0.05) is 10.0 Å². The molecule has 1 aromatic heterocycles. The summed E-state index contributed by atoms with van der Waals surface area (Å²) >= 11 is 7.59. The second-order valence-electron chi connectivity index (χ2n) is 3.34. The largest absolute Gasteiger partial charge is 0.289 e. The molecule has 0 aliphatic carbocycles. The molecule has 0 atom stereocenters. The third-order valence-corrected chi connectivity index (χ3v) is 4.81. The van der Waals surface area contributed by atoms with Gasteiger partial charge in [0.05, 0.1) is 0 Å². The fourth-order valence-corrected chi connectivity index (χ4v) is 3.55. The van der Waals surface area contributed by atoms with Crippen molar-refractivity contribution in [2.45, 2.75) is 9.50 Å². The number of benzene rings is 1. The zero-order valence-corrected chi connectivity index (χ0v) is 13.9. The summed E-state index contributed by atoms with van der Waals surface area (Å²) in [5, 5.41) is 2.51. The highest BCUT2D eigenvalue weighted by Crippen LogP contribution is 2.24. The van der Waals surface area contributed by atoms with Crippen molar-refractivity contribution in [2.75, 3.05) is 6.26 Å². The maximum absolute atomic E-state index is 11.9. The van der Waals surface area contributed by atoms with E-state index in [-0.39, 0.29) is 5.78 Å². The van der Waals surface area contributed by atoms with Crippen LogP contribution in [0.2, 0.25) is 0 Å². The fraction of sp³-hybridized carbons (Fsp3) is 0.0833. The second kappa shape index (κ2) is 7.23. The van der Waals surface area contributed by atoms with Crippen LogP contribution in [0.15, 0.2) is 49.7 Å². The number of halogens is 1. The number of thioether (sulfide) groups is 2. The lowest BCUT2D eigenvalue weighted by Gasteiger charge is -1.95. The average Bonchev–Trinajstić information content (AvgIpc) is 2.86. The Morgan fingerprint density at radius 1 is 1.47 bits per heavy atom. The van der Waals surface area contributed by atoms with E-state index in [1.165, 1.54) is 35.1 Å². The van der Waals surface area contributed by atoms with Gasteiger partial charge in [-0.2, -0.15) is 4.37 Å². The predicted octanol–water partition coefficient (Wildman–Crippen LogP) is 4.51. The van der Waals surface area contributed by atoms with E-state index in [0.29, 0.717) is 5.56 Å². The van der Waals surface area contributed by atoms with Gasteiger partial charge in [0.25, 0.3) is 0 Å². The Balaban J connectivity index is 1.97. The van der Waals surface area contributed by atoms with E-state index >= 15 is 0 Å². The molecule has 0 N–H and O–H groups in total. The smallest absolute Gasteiger partial charge is 0.200 e. The number of ketones is 1. The summed E-state index contributed by atoms with van der Waals surface area (Å²) in [7, 11) is 0. The van der Waals surface area contributed by atoms with E-state index in [1.807, 2.05) is 18.4 Å². The number of hydrogen-bond acceptors (Lipinski definition) is 6. The van der Waals surface area contributed by atoms with Crippen molar-refractivity contribution in [3.05, 3.63) is 45.8 Å². The van der Waals surface area contributed by atoms with Crippen molar-refractivity contribution < 1.29 is 4.79 Å². The maximum atomic E-state index is 11.9. The lowest BCUT2D eigenvalue weighted by molar-refractivity contribution is 0.104. The molecule has 0 aliphatic heterocycles. The van der Waals surface area contributed by atoms with E-state index in [9.17, 15) is 4.79 Å². The van der Waals surface area contributed by atoms with Crippen LogP contribution in [0.4, 0.5) is 0 Å². The molecule has 1 aromatic carbocycles. The summed E-state index contributed by atoms with van der Waals surface area (Å²) in [6, 6.07) is 7.32. The van der Waals surface area contributed by atoms with Crippen LogP contribution in [0, 0.1) is 0 Å². The number of carbonyl (C=O) groups excluding carboxylic acids is 1. The molecule has 0 radical (unpaired) electrons. The normalized spacial score (nSPS) is 11.1. The number of allylic oxidation sites excluding steroid dienone is 1. The van der Waals surface area contributed by atoms with Crippen molar-refractivity contribution in [2.24, 2.45) is 0 Å². The quantitative estimate of drug-likeness (QED) is 0.438. The lowest BCUT2D eigenvalue weighted by atomic mass is 10.1. The minimum absolute atomic E-state index is 0.0246. The summed E-state index contributed by atoms with van der Waals surface area (Å²) < 4.78 is 5.88. The molecular formula is C12H9BrN2OS3. The fourth-order valence-electron chi connectivity index (χ4n) is 1.22. The Morgan fingerprint density at radius 2 is 2.32 bits per heavy atom. The third-order valence-electron chi connectivity index (χ3n) is 2.07. The highest BCUT2D eigenvalue weighted by molar-refractivity contribution is 9.10. The van der Waals surface area contributed by atoms with Gasteiger partial charge in [0.2, 0.25) is 5.16 Å². The molecule has 0 unspecified atom stereocenters. The van der Waals surface area contributed by atoms with Crippen molar-refractivity contribution in [3.63, 3.8) is 0 Å². The molecule has 0 fully saturated rings. The molecule has 0 bridgehead atoms. The Bertz CT molecular complexity index is 613. The number of carbonyl (C=O) groups is 1. The van der Waals surface area contributed by atoms with Crippen LogP contribution in [0.5, 0.6) is 0 Å². The SMILES string of the molecule is CSc1nsc(SC=CC(=O)c2cccc(Br)c2)n1. The van der Waals surface area contributed by atoms with Crippen LogP contribution < -0.4 is 0 Å². The van der Waals surface area contributed by atoms with Crippen molar-refractivity contribution in [1.82, 2.24) is 9.36 Å². The predicted molar refractivity (Wildman–Crippen MR) is 85.2 cm³/mol. The van der Waals surface area contributed by atoms with Gasteiger partial charge in [0.1, 0.15) is 0 Å². The van der Waals surface area contributed by atoms with Crippen molar-refractivity contribution >= 4 is 56.8 Å². The molecule has 19 heavy (non-hydrogen) atoms. The van der Waals surface area contributed by atoms with E-state index in [2.05, 4.69) is 25.3 Å². The number of nitrogens with zero attached hydrogens (tertiary/aromatic N) is 2. The van der Waals surface area contributed by atoms with E-state index in [1.54, 1.807) is 23.6 Å². The minimum atomic E-state index is -0.0246. The molecule has 0 amide bonds. The van der Waals surface area contributed by atoms with Crippen LogP contribution in [-0.2, 0) is 0 Å². The molecule has 0 aliphatic rings. The van der Waals surface area contributed by atoms with E-state index in [0.717, 1.165) is 14.0 Å². The topological polar surface area (TPSA) is 42.9 Å². The standard InChI is InChI=1S/C12H9BrN2OS3/c1-17-11-14-12(19-15-11)18-6-5-10(16)8-3-2-4-9(13)7-8/h2-7H,1H3. The zero-order chi connectivity index (χ0) is 13.7. The van der Waals surface area contributed by atoms with Gasteiger partial charge in [-0.25, -0.2) is 4.98 Å². The summed E-state index contributed by atoms with van der Waals surface area (Å²) in [4.78, 5) is 16.2. The van der Waals surface area contributed by atoms with Gasteiger partial charge in [-0.3, -0.25) is 4.79 Å². The first kappa shape index (κ1) is 14.8. The first-order chi connectivity index (χ1) is 9.19. The molecule has 3 nitrogen and oxygen atoms in total. The Hall–Kier alpha value is -0.630. The minimum Gasteiger partial charge on any atom is -0.289 e. The number of rotatable bonds is 5. The maximum Gasteiger partial charge on any atom is 0.200 e. The van der Waals surface area contributed by atoms with Gasteiger partial charge in [0.15, 0.2) is 10.1 Å². The van der Waals surface area contributed by atoms with E-state index < -0.39 is 0 Å². The molecule has 2 aromatic rings. The molecule has 0 saturated carbocycles. The number of hydrogen-bond donors (Lipinski definition) is 0. The highest BCUT2D eigenvalue weighted by Gasteiger charge is 2.03. The van der Waals surface area contributed by atoms with Gasteiger partial charge >= 0.3 is 0 Å². The first-order valence-corrected chi connectivity index (χ1v) is 8.87. The second-order valence-corrected chi connectivity index (χ2v) is 6.94. The molecule has 0 saturated heterocycles. The van der Waals surface area contributed by atoms with Crippen LogP contribution in [0.1, 0.15) is 10.4 Å². The Kier molecular flexibility index (Phi) is 5.62.